The Kier molecular flexibility index (Phi) is 4.71. The molecule has 0 amide bonds. The van der Waals surface area contributed by atoms with Crippen LogP contribution < -0.4 is 4.90 Å². The molecule has 3 rings (SSSR count). The molecule has 0 fully saturated rings. The molecule has 126 valence electrons. The summed E-state index contributed by atoms with van der Waals surface area (Å²) in [4.78, 5) is 4.44. The van der Waals surface area contributed by atoms with E-state index in [9.17, 15) is 0 Å². The maximum absolute atomic E-state index is 5.72. The number of rotatable bonds is 6. The van der Waals surface area contributed by atoms with Gasteiger partial charge in [-0.15, -0.1) is 0 Å². The summed E-state index contributed by atoms with van der Waals surface area (Å²) in [6.07, 6.45) is 1.88. The number of para-hydroxylation sites is 1. The first-order valence-corrected chi connectivity index (χ1v) is 8.07. The van der Waals surface area contributed by atoms with Crippen LogP contribution in [0.25, 0.3) is 11.5 Å². The van der Waals surface area contributed by atoms with Crippen molar-refractivity contribution < 1.29 is 4.42 Å². The molecule has 0 aliphatic carbocycles. The van der Waals surface area contributed by atoms with Gasteiger partial charge >= 0.3 is 0 Å². The fourth-order valence-electron chi connectivity index (χ4n) is 2.93. The van der Waals surface area contributed by atoms with Crippen LogP contribution in [0.3, 0.4) is 0 Å². The van der Waals surface area contributed by atoms with Crippen LogP contribution >= 0.6 is 0 Å². The Morgan fingerprint density at radius 3 is 2.46 bits per heavy atom. The Morgan fingerprint density at radius 1 is 1.00 bits per heavy atom. The van der Waals surface area contributed by atoms with Crippen molar-refractivity contribution >= 4 is 5.69 Å². The van der Waals surface area contributed by atoms with Gasteiger partial charge in [0.05, 0.1) is 6.20 Å². The molecule has 0 atom stereocenters. The van der Waals surface area contributed by atoms with Crippen molar-refractivity contribution in [3.05, 3.63) is 59.5 Å². The van der Waals surface area contributed by atoms with Crippen molar-refractivity contribution in [1.29, 1.82) is 0 Å². The van der Waals surface area contributed by atoms with E-state index in [0.29, 0.717) is 0 Å². The van der Waals surface area contributed by atoms with Gasteiger partial charge in [-0.3, -0.25) is 10.00 Å². The fourth-order valence-corrected chi connectivity index (χ4v) is 2.93. The van der Waals surface area contributed by atoms with Crippen molar-refractivity contribution in [1.82, 2.24) is 15.1 Å². The van der Waals surface area contributed by atoms with E-state index < -0.39 is 0 Å². The van der Waals surface area contributed by atoms with Crippen LogP contribution in [0.4, 0.5) is 5.69 Å². The molecule has 2 heterocycles. The molecule has 0 saturated heterocycles. The monoisotopic (exact) mass is 324 g/mol. The van der Waals surface area contributed by atoms with Crippen molar-refractivity contribution in [2.75, 3.05) is 26.0 Å². The van der Waals surface area contributed by atoms with Gasteiger partial charge in [0.1, 0.15) is 11.5 Å². The van der Waals surface area contributed by atoms with Gasteiger partial charge in [0.25, 0.3) is 0 Å². The van der Waals surface area contributed by atoms with Gasteiger partial charge < -0.3 is 9.32 Å². The maximum atomic E-state index is 5.72. The van der Waals surface area contributed by atoms with Gasteiger partial charge in [-0.1, -0.05) is 18.2 Å². The molecule has 0 bridgehead atoms. The third-order valence-electron chi connectivity index (χ3n) is 4.06. The third kappa shape index (κ3) is 3.51. The average Bonchev–Trinajstić information content (AvgIpc) is 3.16. The summed E-state index contributed by atoms with van der Waals surface area (Å²) in [6, 6.07) is 12.4. The van der Waals surface area contributed by atoms with Gasteiger partial charge in [0.15, 0.2) is 5.76 Å². The second kappa shape index (κ2) is 6.93. The molecule has 3 aromatic rings. The van der Waals surface area contributed by atoms with Crippen LogP contribution in [0, 0.1) is 6.92 Å². The smallest absolute Gasteiger partial charge is 0.152 e. The van der Waals surface area contributed by atoms with E-state index >= 15 is 0 Å². The Labute approximate surface area is 142 Å². The number of aromatic amines is 1. The first-order valence-electron chi connectivity index (χ1n) is 8.07. The minimum atomic E-state index is 0.799. The minimum Gasteiger partial charge on any atom is -0.460 e. The zero-order valence-corrected chi connectivity index (χ0v) is 14.7. The lowest BCUT2D eigenvalue weighted by Gasteiger charge is -2.22. The standard InChI is InChI=1S/C19H24N4O/c1-14-9-10-18(24-14)19-16(11-20-21-19)13-23(4)12-15-7-5-6-8-17(15)22(2)3/h5-11H,12-13H2,1-4H3,(H,20,21). The lowest BCUT2D eigenvalue weighted by atomic mass is 10.1. The van der Waals surface area contributed by atoms with Gasteiger partial charge in [-0.25, -0.2) is 0 Å². The highest BCUT2D eigenvalue weighted by Gasteiger charge is 2.14. The predicted octanol–water partition coefficient (Wildman–Crippen LogP) is 3.68. The van der Waals surface area contributed by atoms with Crippen LogP contribution in [-0.4, -0.2) is 36.2 Å². The molecule has 0 aliphatic rings. The Bertz CT molecular complexity index is 803. The van der Waals surface area contributed by atoms with Crippen LogP contribution in [-0.2, 0) is 13.1 Å². The zero-order valence-electron chi connectivity index (χ0n) is 14.7. The van der Waals surface area contributed by atoms with E-state index in [1.165, 1.54) is 11.3 Å². The average molecular weight is 324 g/mol. The maximum Gasteiger partial charge on any atom is 0.152 e. The first kappa shape index (κ1) is 16.3. The quantitative estimate of drug-likeness (QED) is 0.751. The summed E-state index contributed by atoms with van der Waals surface area (Å²) in [7, 11) is 6.27. The molecule has 5 heteroatoms. The van der Waals surface area contributed by atoms with E-state index in [-0.39, 0.29) is 0 Å². The largest absolute Gasteiger partial charge is 0.460 e. The summed E-state index contributed by atoms with van der Waals surface area (Å²) in [6.45, 7) is 3.62. The van der Waals surface area contributed by atoms with E-state index in [0.717, 1.165) is 35.9 Å². The number of nitrogens with zero attached hydrogens (tertiary/aromatic N) is 3. The van der Waals surface area contributed by atoms with E-state index in [2.05, 4.69) is 65.4 Å². The molecule has 5 nitrogen and oxygen atoms in total. The van der Waals surface area contributed by atoms with Crippen molar-refractivity contribution in [3.8, 4) is 11.5 Å². The molecular formula is C19H24N4O. The number of H-pyrrole nitrogens is 1. The van der Waals surface area contributed by atoms with Crippen LogP contribution in [0.1, 0.15) is 16.9 Å². The molecule has 1 N–H and O–H groups in total. The lowest BCUT2D eigenvalue weighted by molar-refractivity contribution is 0.319. The molecule has 2 aromatic heterocycles. The number of anilines is 1. The Morgan fingerprint density at radius 2 is 1.75 bits per heavy atom. The highest BCUT2D eigenvalue weighted by Crippen LogP contribution is 2.25. The highest BCUT2D eigenvalue weighted by molar-refractivity contribution is 5.56. The molecule has 0 unspecified atom stereocenters. The van der Waals surface area contributed by atoms with Gasteiger partial charge in [0, 0.05) is 38.4 Å². The molecule has 1 aromatic carbocycles. The normalized spacial score (nSPS) is 11.2. The number of hydrogen-bond acceptors (Lipinski definition) is 4. The second-order valence-corrected chi connectivity index (χ2v) is 6.38. The number of benzene rings is 1. The van der Waals surface area contributed by atoms with E-state index in [1.807, 2.05) is 25.3 Å². The predicted molar refractivity (Wildman–Crippen MR) is 97.0 cm³/mol. The molecule has 0 aliphatic heterocycles. The van der Waals surface area contributed by atoms with Crippen molar-refractivity contribution in [2.45, 2.75) is 20.0 Å². The fraction of sp³-hybridized carbons (Fsp3) is 0.316. The van der Waals surface area contributed by atoms with Crippen molar-refractivity contribution in [3.63, 3.8) is 0 Å². The lowest BCUT2D eigenvalue weighted by Crippen LogP contribution is -2.20. The third-order valence-corrected chi connectivity index (χ3v) is 4.06. The first-order chi connectivity index (χ1) is 11.5. The molecular weight excluding hydrogens is 300 g/mol. The summed E-state index contributed by atoms with van der Waals surface area (Å²) >= 11 is 0. The topological polar surface area (TPSA) is 48.3 Å². The number of aryl methyl sites for hydroxylation is 1. The Hall–Kier alpha value is -2.53. The van der Waals surface area contributed by atoms with Crippen LogP contribution in [0.5, 0.6) is 0 Å². The van der Waals surface area contributed by atoms with Gasteiger partial charge in [-0.05, 0) is 37.7 Å². The minimum absolute atomic E-state index is 0.799. The number of aromatic nitrogens is 2. The highest BCUT2D eigenvalue weighted by atomic mass is 16.3. The van der Waals surface area contributed by atoms with Gasteiger partial charge in [-0.2, -0.15) is 5.10 Å². The summed E-state index contributed by atoms with van der Waals surface area (Å²) in [5.41, 5.74) is 4.65. The van der Waals surface area contributed by atoms with Crippen molar-refractivity contribution in [2.24, 2.45) is 0 Å². The number of furan rings is 1. The molecule has 0 spiro atoms. The Balaban J connectivity index is 1.75. The summed E-state index contributed by atoms with van der Waals surface area (Å²) in [5, 5.41) is 7.25. The van der Waals surface area contributed by atoms with Crippen LogP contribution in [0.15, 0.2) is 47.0 Å². The second-order valence-electron chi connectivity index (χ2n) is 6.38. The van der Waals surface area contributed by atoms with Gasteiger partial charge in [0.2, 0.25) is 0 Å². The van der Waals surface area contributed by atoms with Crippen LogP contribution in [0.2, 0.25) is 0 Å². The SMILES string of the molecule is Cc1ccc(-c2[nH]ncc2CN(C)Cc2ccccc2N(C)C)o1. The number of hydrogen-bond donors (Lipinski definition) is 1. The molecule has 0 radical (unpaired) electrons. The zero-order chi connectivity index (χ0) is 17.1. The summed E-state index contributed by atoms with van der Waals surface area (Å²) in [5.74, 6) is 1.74. The molecule has 0 saturated carbocycles. The van der Waals surface area contributed by atoms with E-state index in [4.69, 9.17) is 4.42 Å². The number of nitrogens with one attached hydrogen (secondary N) is 1. The summed E-state index contributed by atoms with van der Waals surface area (Å²) < 4.78 is 5.72. The molecule has 24 heavy (non-hydrogen) atoms. The van der Waals surface area contributed by atoms with E-state index in [1.54, 1.807) is 0 Å².